The van der Waals surface area contributed by atoms with Crippen LogP contribution in [0.1, 0.15) is 70.7 Å². The maximum absolute atomic E-state index is 12.6. The molecule has 0 heterocycles. The Balaban J connectivity index is 3.50. The van der Waals surface area contributed by atoms with E-state index in [0.29, 0.717) is 5.56 Å². The number of phenolic OH excluding ortho intramolecular Hbond substituents is 1. The van der Waals surface area contributed by atoms with Crippen molar-refractivity contribution >= 4 is 0 Å². The third-order valence-corrected chi connectivity index (χ3v) is 3.66. The van der Waals surface area contributed by atoms with Crippen LogP contribution in [-0.2, 0) is 10.8 Å². The van der Waals surface area contributed by atoms with Crippen LogP contribution in [0.3, 0.4) is 0 Å². The summed E-state index contributed by atoms with van der Waals surface area (Å²) in [6.45, 7) is 11.7. The van der Waals surface area contributed by atoms with Gasteiger partial charge >= 0.3 is 6.18 Å². The van der Waals surface area contributed by atoms with Crippen LogP contribution in [0.4, 0.5) is 13.2 Å². The van der Waals surface area contributed by atoms with Crippen LogP contribution in [0.5, 0.6) is 5.75 Å². The standard InChI is InChI=1S/C17H26F3NO/c1-15(2,3)10-7-11(13(21)9-17(18,19)20)14(22)12(8-10)16(4,5)6/h7-8,13,22H,9,21H2,1-6H3/t13-/m1/s1. The molecule has 2 nitrogen and oxygen atoms in total. The summed E-state index contributed by atoms with van der Waals surface area (Å²) in [7, 11) is 0. The monoisotopic (exact) mass is 317 g/mol. The Hall–Kier alpha value is -1.23. The van der Waals surface area contributed by atoms with Gasteiger partial charge in [0.1, 0.15) is 5.75 Å². The average molecular weight is 317 g/mol. The van der Waals surface area contributed by atoms with Gasteiger partial charge < -0.3 is 10.8 Å². The third kappa shape index (κ3) is 4.63. The van der Waals surface area contributed by atoms with Crippen LogP contribution < -0.4 is 5.73 Å². The summed E-state index contributed by atoms with van der Waals surface area (Å²) in [6.07, 6.45) is -5.52. The minimum Gasteiger partial charge on any atom is -0.507 e. The van der Waals surface area contributed by atoms with Crippen molar-refractivity contribution in [2.24, 2.45) is 5.73 Å². The van der Waals surface area contributed by atoms with Crippen molar-refractivity contribution in [2.75, 3.05) is 0 Å². The first kappa shape index (κ1) is 18.8. The van der Waals surface area contributed by atoms with E-state index in [4.69, 9.17) is 5.73 Å². The van der Waals surface area contributed by atoms with E-state index in [0.717, 1.165) is 5.56 Å². The molecule has 0 saturated carbocycles. The van der Waals surface area contributed by atoms with Gasteiger partial charge in [0.05, 0.1) is 6.42 Å². The molecule has 1 atom stereocenters. The zero-order chi connectivity index (χ0) is 17.5. The summed E-state index contributed by atoms with van der Waals surface area (Å²) >= 11 is 0. The molecule has 0 fully saturated rings. The first-order valence-electron chi connectivity index (χ1n) is 7.33. The van der Waals surface area contributed by atoms with Crippen molar-refractivity contribution in [3.8, 4) is 5.75 Å². The average Bonchev–Trinajstić information content (AvgIpc) is 2.23. The van der Waals surface area contributed by atoms with Crippen LogP contribution in [0, 0.1) is 0 Å². The number of hydrogen-bond acceptors (Lipinski definition) is 2. The number of benzene rings is 1. The Morgan fingerprint density at radius 3 is 1.86 bits per heavy atom. The number of aromatic hydroxyl groups is 1. The molecule has 0 saturated heterocycles. The van der Waals surface area contributed by atoms with Gasteiger partial charge in [-0.05, 0) is 28.0 Å². The fraction of sp³-hybridized carbons (Fsp3) is 0.647. The number of halogens is 3. The summed E-state index contributed by atoms with van der Waals surface area (Å²) < 4.78 is 37.9. The first-order valence-corrected chi connectivity index (χ1v) is 7.33. The van der Waals surface area contributed by atoms with E-state index in [2.05, 4.69) is 0 Å². The summed E-state index contributed by atoms with van der Waals surface area (Å²) in [4.78, 5) is 0. The number of nitrogens with two attached hydrogens (primary N) is 1. The molecule has 22 heavy (non-hydrogen) atoms. The molecule has 0 aromatic heterocycles. The van der Waals surface area contributed by atoms with E-state index in [1.165, 1.54) is 0 Å². The predicted molar refractivity (Wildman–Crippen MR) is 83.1 cm³/mol. The Bertz CT molecular complexity index is 537. The highest BCUT2D eigenvalue weighted by molar-refractivity contribution is 5.50. The van der Waals surface area contributed by atoms with Crippen LogP contribution in [0.25, 0.3) is 0 Å². The Morgan fingerprint density at radius 2 is 1.50 bits per heavy atom. The molecule has 0 spiro atoms. The van der Waals surface area contributed by atoms with Crippen molar-refractivity contribution in [2.45, 2.75) is 71.0 Å². The quantitative estimate of drug-likeness (QED) is 0.811. The lowest BCUT2D eigenvalue weighted by Gasteiger charge is -2.29. The molecule has 1 aromatic rings. The molecule has 126 valence electrons. The summed E-state index contributed by atoms with van der Waals surface area (Å²) in [5.74, 6) is -0.128. The molecule has 0 unspecified atom stereocenters. The second kappa shape index (κ2) is 5.76. The molecule has 0 aliphatic heterocycles. The van der Waals surface area contributed by atoms with Gasteiger partial charge in [0, 0.05) is 11.6 Å². The van der Waals surface area contributed by atoms with Crippen LogP contribution in [0.2, 0.25) is 0 Å². The van der Waals surface area contributed by atoms with Gasteiger partial charge in [-0.3, -0.25) is 0 Å². The van der Waals surface area contributed by atoms with Crippen molar-refractivity contribution in [1.82, 2.24) is 0 Å². The normalized spacial score (nSPS) is 15.0. The largest absolute Gasteiger partial charge is 0.507 e. The van der Waals surface area contributed by atoms with Crippen molar-refractivity contribution < 1.29 is 18.3 Å². The minimum absolute atomic E-state index is 0.128. The highest BCUT2D eigenvalue weighted by Gasteiger charge is 2.34. The van der Waals surface area contributed by atoms with Gasteiger partial charge in [0.15, 0.2) is 0 Å². The smallest absolute Gasteiger partial charge is 0.390 e. The Kier molecular flexibility index (Phi) is 4.93. The summed E-state index contributed by atoms with van der Waals surface area (Å²) in [6, 6.07) is 2.18. The molecular weight excluding hydrogens is 291 g/mol. The van der Waals surface area contributed by atoms with Crippen molar-refractivity contribution in [1.29, 1.82) is 0 Å². The SMILES string of the molecule is CC(C)(C)c1cc([C@H](N)CC(F)(F)F)c(O)c(C(C)(C)C)c1. The highest BCUT2D eigenvalue weighted by atomic mass is 19.4. The van der Waals surface area contributed by atoms with Gasteiger partial charge in [-0.1, -0.05) is 47.6 Å². The van der Waals surface area contributed by atoms with Gasteiger partial charge in [-0.25, -0.2) is 0 Å². The minimum atomic E-state index is -4.37. The molecule has 1 rings (SSSR count). The predicted octanol–water partition coefficient (Wildman–Crippen LogP) is 4.94. The van der Waals surface area contributed by atoms with Crippen LogP contribution in [0.15, 0.2) is 12.1 Å². The molecular formula is C17H26F3NO. The molecule has 0 bridgehead atoms. The summed E-state index contributed by atoms with van der Waals surface area (Å²) in [5.41, 5.74) is 6.73. The topological polar surface area (TPSA) is 46.2 Å². The number of phenols is 1. The summed E-state index contributed by atoms with van der Waals surface area (Å²) in [5, 5.41) is 10.4. The second-order valence-corrected chi connectivity index (χ2v) is 7.89. The zero-order valence-corrected chi connectivity index (χ0v) is 14.1. The van der Waals surface area contributed by atoms with Crippen LogP contribution >= 0.6 is 0 Å². The van der Waals surface area contributed by atoms with E-state index < -0.39 is 24.1 Å². The van der Waals surface area contributed by atoms with Gasteiger partial charge in [-0.2, -0.15) is 13.2 Å². The number of alkyl halides is 3. The number of hydrogen-bond donors (Lipinski definition) is 2. The number of rotatable bonds is 2. The van der Waals surface area contributed by atoms with E-state index >= 15 is 0 Å². The lowest BCUT2D eigenvalue weighted by atomic mass is 9.78. The third-order valence-electron chi connectivity index (χ3n) is 3.66. The Morgan fingerprint density at radius 1 is 1.00 bits per heavy atom. The zero-order valence-electron chi connectivity index (χ0n) is 14.1. The van der Waals surface area contributed by atoms with Crippen molar-refractivity contribution in [3.05, 3.63) is 28.8 Å². The van der Waals surface area contributed by atoms with Crippen molar-refractivity contribution in [3.63, 3.8) is 0 Å². The molecule has 3 N–H and O–H groups in total. The maximum atomic E-state index is 12.6. The molecule has 1 aromatic carbocycles. The van der Waals surface area contributed by atoms with E-state index in [1.807, 2.05) is 47.6 Å². The lowest BCUT2D eigenvalue weighted by Crippen LogP contribution is -2.23. The first-order chi connectivity index (χ1) is 9.63. The molecule has 0 amide bonds. The fourth-order valence-corrected chi connectivity index (χ4v) is 2.30. The fourth-order valence-electron chi connectivity index (χ4n) is 2.30. The van der Waals surface area contributed by atoms with Crippen LogP contribution in [-0.4, -0.2) is 11.3 Å². The van der Waals surface area contributed by atoms with E-state index in [9.17, 15) is 18.3 Å². The maximum Gasteiger partial charge on any atom is 0.390 e. The molecule has 5 heteroatoms. The second-order valence-electron chi connectivity index (χ2n) is 7.89. The van der Waals surface area contributed by atoms with Gasteiger partial charge in [0.2, 0.25) is 0 Å². The van der Waals surface area contributed by atoms with Gasteiger partial charge in [-0.15, -0.1) is 0 Å². The molecule has 0 aliphatic rings. The molecule has 0 radical (unpaired) electrons. The molecule has 0 aliphatic carbocycles. The van der Waals surface area contributed by atoms with Gasteiger partial charge in [0.25, 0.3) is 0 Å². The Labute approximate surface area is 130 Å². The van der Waals surface area contributed by atoms with E-state index in [1.54, 1.807) is 6.07 Å². The van der Waals surface area contributed by atoms with E-state index in [-0.39, 0.29) is 16.7 Å². The highest BCUT2D eigenvalue weighted by Crippen LogP contribution is 2.41. The lowest BCUT2D eigenvalue weighted by molar-refractivity contribution is -0.138.